The first-order valence-electron chi connectivity index (χ1n) is 6.29. The Morgan fingerprint density at radius 3 is 2.50 bits per heavy atom. The van der Waals surface area contributed by atoms with E-state index < -0.39 is 17.0 Å². The molecule has 0 bridgehead atoms. The number of nitrogens with zero attached hydrogens (tertiary/aromatic N) is 1. The van der Waals surface area contributed by atoms with Crippen molar-refractivity contribution in [2.75, 3.05) is 0 Å². The Bertz CT molecular complexity index is 733. The fourth-order valence-corrected chi connectivity index (χ4v) is 2.35. The van der Waals surface area contributed by atoms with Gasteiger partial charge in [0.15, 0.2) is 0 Å². The zero-order valence-corrected chi connectivity index (χ0v) is 13.0. The molecule has 0 fully saturated rings. The third kappa shape index (κ3) is 3.55. The molecule has 0 amide bonds. The molecule has 0 saturated carbocycles. The highest BCUT2D eigenvalue weighted by atomic mass is 35.5. The molecule has 114 valence electrons. The summed E-state index contributed by atoms with van der Waals surface area (Å²) in [5.41, 5.74) is 0.359. The second-order valence-corrected chi connectivity index (χ2v) is 5.31. The lowest BCUT2D eigenvalue weighted by molar-refractivity contribution is -0.384. The molecule has 0 N–H and O–H groups in total. The van der Waals surface area contributed by atoms with Crippen molar-refractivity contribution < 1.29 is 14.5 Å². The molecule has 0 aliphatic carbocycles. The molecule has 0 aliphatic rings. The Hall–Kier alpha value is -2.11. The molecule has 0 aromatic heterocycles. The van der Waals surface area contributed by atoms with Gasteiger partial charge in [-0.1, -0.05) is 41.4 Å². The lowest BCUT2D eigenvalue weighted by Gasteiger charge is -2.15. The summed E-state index contributed by atoms with van der Waals surface area (Å²) in [5.74, 6) is -0.688. The molecule has 0 aliphatic heterocycles. The highest BCUT2D eigenvalue weighted by molar-refractivity contribution is 6.32. The molecule has 22 heavy (non-hydrogen) atoms. The van der Waals surface area contributed by atoms with E-state index in [0.29, 0.717) is 10.6 Å². The minimum absolute atomic E-state index is 0.0410. The number of hydrogen-bond acceptors (Lipinski definition) is 4. The van der Waals surface area contributed by atoms with Gasteiger partial charge in [0, 0.05) is 16.7 Å². The van der Waals surface area contributed by atoms with E-state index >= 15 is 0 Å². The summed E-state index contributed by atoms with van der Waals surface area (Å²) in [4.78, 5) is 22.3. The Morgan fingerprint density at radius 1 is 1.18 bits per heavy atom. The highest BCUT2D eigenvalue weighted by Crippen LogP contribution is 2.28. The Balaban J connectivity index is 2.21. The minimum atomic E-state index is -0.688. The third-order valence-electron chi connectivity index (χ3n) is 3.01. The molecule has 0 spiro atoms. The van der Waals surface area contributed by atoms with E-state index in [0.717, 1.165) is 6.07 Å². The van der Waals surface area contributed by atoms with Crippen LogP contribution in [0.1, 0.15) is 28.9 Å². The number of carbonyl (C=O) groups is 1. The molecule has 2 rings (SSSR count). The van der Waals surface area contributed by atoms with Gasteiger partial charge >= 0.3 is 5.97 Å². The number of benzene rings is 2. The summed E-state index contributed by atoms with van der Waals surface area (Å²) >= 11 is 11.7. The fourth-order valence-electron chi connectivity index (χ4n) is 1.88. The summed E-state index contributed by atoms with van der Waals surface area (Å²) in [5, 5.41) is 11.3. The second kappa shape index (κ2) is 6.77. The largest absolute Gasteiger partial charge is 0.454 e. The molecule has 0 unspecified atom stereocenters. The predicted octanol–water partition coefficient (Wildman–Crippen LogP) is 4.82. The maximum Gasteiger partial charge on any atom is 0.338 e. The first-order chi connectivity index (χ1) is 10.4. The topological polar surface area (TPSA) is 69.4 Å². The van der Waals surface area contributed by atoms with Gasteiger partial charge in [-0.25, -0.2) is 4.79 Å². The monoisotopic (exact) mass is 339 g/mol. The quantitative estimate of drug-likeness (QED) is 0.454. The van der Waals surface area contributed by atoms with Crippen LogP contribution in [0.25, 0.3) is 0 Å². The van der Waals surface area contributed by atoms with Crippen LogP contribution in [-0.4, -0.2) is 10.9 Å². The van der Waals surface area contributed by atoms with Crippen LogP contribution in [0.4, 0.5) is 5.69 Å². The minimum Gasteiger partial charge on any atom is -0.454 e. The molecule has 5 nitrogen and oxygen atoms in total. The maximum atomic E-state index is 12.1. The maximum absolute atomic E-state index is 12.1. The molecule has 0 heterocycles. The van der Waals surface area contributed by atoms with Crippen molar-refractivity contribution in [3.05, 3.63) is 73.8 Å². The Kier molecular flexibility index (Phi) is 5.00. The summed E-state index contributed by atoms with van der Waals surface area (Å²) in [7, 11) is 0. The number of halogens is 2. The van der Waals surface area contributed by atoms with E-state index in [1.165, 1.54) is 12.1 Å². The molecule has 0 radical (unpaired) electrons. The molecule has 2 aromatic carbocycles. The van der Waals surface area contributed by atoms with Crippen LogP contribution in [0.3, 0.4) is 0 Å². The van der Waals surface area contributed by atoms with E-state index in [2.05, 4.69) is 0 Å². The summed E-state index contributed by atoms with van der Waals surface area (Å²) in [6.45, 7) is 1.67. The highest BCUT2D eigenvalue weighted by Gasteiger charge is 2.20. The van der Waals surface area contributed by atoms with Crippen molar-refractivity contribution in [2.24, 2.45) is 0 Å². The predicted molar refractivity (Wildman–Crippen MR) is 83.4 cm³/mol. The Labute approximate surface area is 136 Å². The smallest absolute Gasteiger partial charge is 0.338 e. The van der Waals surface area contributed by atoms with Crippen LogP contribution in [0, 0.1) is 10.1 Å². The SMILES string of the molecule is C[C@H](OC(=O)c1ccc(Cl)c([N+](=O)[O-])c1)c1ccccc1Cl. The number of rotatable bonds is 4. The van der Waals surface area contributed by atoms with Gasteiger partial charge in [0.25, 0.3) is 5.69 Å². The van der Waals surface area contributed by atoms with E-state index in [-0.39, 0.29) is 16.3 Å². The van der Waals surface area contributed by atoms with Gasteiger partial charge in [-0.05, 0) is 25.1 Å². The van der Waals surface area contributed by atoms with E-state index in [1.807, 2.05) is 0 Å². The van der Waals surface area contributed by atoms with Crippen molar-refractivity contribution in [1.82, 2.24) is 0 Å². The van der Waals surface area contributed by atoms with E-state index in [1.54, 1.807) is 31.2 Å². The van der Waals surface area contributed by atoms with E-state index in [4.69, 9.17) is 27.9 Å². The lowest BCUT2D eigenvalue weighted by Crippen LogP contribution is -2.10. The van der Waals surface area contributed by atoms with Crippen LogP contribution >= 0.6 is 23.2 Å². The normalized spacial score (nSPS) is 11.8. The Morgan fingerprint density at radius 2 is 1.86 bits per heavy atom. The van der Waals surface area contributed by atoms with Crippen molar-refractivity contribution in [3.8, 4) is 0 Å². The summed E-state index contributed by atoms with van der Waals surface area (Å²) in [6, 6.07) is 10.7. The third-order valence-corrected chi connectivity index (χ3v) is 3.67. The molecule has 2 aromatic rings. The molecular weight excluding hydrogens is 329 g/mol. The van der Waals surface area contributed by atoms with Crippen LogP contribution in [0.5, 0.6) is 0 Å². The summed E-state index contributed by atoms with van der Waals surface area (Å²) < 4.78 is 5.29. The lowest BCUT2D eigenvalue weighted by atomic mass is 10.1. The molecule has 0 saturated heterocycles. The number of hydrogen-bond donors (Lipinski definition) is 0. The average Bonchev–Trinajstić information content (AvgIpc) is 2.47. The van der Waals surface area contributed by atoms with Gasteiger partial charge in [0.2, 0.25) is 0 Å². The number of ether oxygens (including phenoxy) is 1. The van der Waals surface area contributed by atoms with Gasteiger partial charge in [0.05, 0.1) is 10.5 Å². The van der Waals surface area contributed by atoms with Crippen LogP contribution in [0.2, 0.25) is 10.0 Å². The van der Waals surface area contributed by atoms with Crippen molar-refractivity contribution in [1.29, 1.82) is 0 Å². The number of nitro benzene ring substituents is 1. The fraction of sp³-hybridized carbons (Fsp3) is 0.133. The van der Waals surface area contributed by atoms with Crippen LogP contribution in [0.15, 0.2) is 42.5 Å². The average molecular weight is 340 g/mol. The van der Waals surface area contributed by atoms with Crippen LogP contribution < -0.4 is 0 Å². The first-order valence-corrected chi connectivity index (χ1v) is 7.05. The molecule has 7 heteroatoms. The van der Waals surface area contributed by atoms with Gasteiger partial charge in [-0.15, -0.1) is 0 Å². The zero-order valence-electron chi connectivity index (χ0n) is 11.5. The number of carbonyl (C=O) groups excluding carboxylic acids is 1. The van der Waals surface area contributed by atoms with Gasteiger partial charge in [0.1, 0.15) is 11.1 Å². The van der Waals surface area contributed by atoms with Gasteiger partial charge in [-0.2, -0.15) is 0 Å². The van der Waals surface area contributed by atoms with Gasteiger partial charge in [-0.3, -0.25) is 10.1 Å². The van der Waals surface area contributed by atoms with E-state index in [9.17, 15) is 14.9 Å². The van der Waals surface area contributed by atoms with Crippen LogP contribution in [-0.2, 0) is 4.74 Å². The van der Waals surface area contributed by atoms with Crippen molar-refractivity contribution in [2.45, 2.75) is 13.0 Å². The number of nitro groups is 1. The second-order valence-electron chi connectivity index (χ2n) is 4.49. The van der Waals surface area contributed by atoms with Crippen molar-refractivity contribution >= 4 is 34.9 Å². The molecule has 1 atom stereocenters. The zero-order chi connectivity index (χ0) is 16.3. The number of esters is 1. The summed E-state index contributed by atoms with van der Waals surface area (Å²) in [6.07, 6.45) is -0.587. The molecular formula is C15H11Cl2NO4. The first kappa shape index (κ1) is 16.3. The van der Waals surface area contributed by atoms with Crippen molar-refractivity contribution in [3.63, 3.8) is 0 Å². The standard InChI is InChI=1S/C15H11Cl2NO4/c1-9(11-4-2-3-5-12(11)16)22-15(19)10-6-7-13(17)14(8-10)18(20)21/h2-9H,1H3/t9-/m0/s1. The van der Waals surface area contributed by atoms with Gasteiger partial charge < -0.3 is 4.74 Å².